The van der Waals surface area contributed by atoms with Crippen molar-refractivity contribution in [3.05, 3.63) is 11.9 Å². The zero-order valence-corrected chi connectivity index (χ0v) is 13.1. The molecule has 0 spiro atoms. The van der Waals surface area contributed by atoms with E-state index in [2.05, 4.69) is 27.5 Å². The van der Waals surface area contributed by atoms with Crippen molar-refractivity contribution in [1.82, 2.24) is 9.97 Å². The molecule has 1 atom stereocenters. The zero-order valence-electron chi connectivity index (χ0n) is 13.1. The maximum Gasteiger partial charge on any atom is 0.158 e. The largest absolute Gasteiger partial charge is 0.394 e. The van der Waals surface area contributed by atoms with Crippen molar-refractivity contribution < 1.29 is 14.6 Å². The molecule has 120 valence electrons. The van der Waals surface area contributed by atoms with E-state index in [1.807, 2.05) is 13.0 Å². The lowest BCUT2D eigenvalue weighted by molar-refractivity contribution is 0.128. The van der Waals surface area contributed by atoms with Gasteiger partial charge in [-0.25, -0.2) is 9.97 Å². The fourth-order valence-electron chi connectivity index (χ4n) is 1.72. The molecule has 0 radical (unpaired) electrons. The summed E-state index contributed by atoms with van der Waals surface area (Å²) in [5.41, 5.74) is 0. The molecule has 1 heterocycles. The van der Waals surface area contributed by atoms with Gasteiger partial charge in [-0.2, -0.15) is 0 Å². The number of aliphatic hydroxyl groups is 1. The van der Waals surface area contributed by atoms with Gasteiger partial charge in [-0.3, -0.25) is 0 Å². The molecular formula is C14H26N4O3. The van der Waals surface area contributed by atoms with E-state index >= 15 is 0 Å². The van der Waals surface area contributed by atoms with Crippen molar-refractivity contribution in [2.75, 3.05) is 44.1 Å². The summed E-state index contributed by atoms with van der Waals surface area (Å²) in [5, 5.41) is 15.7. The molecule has 7 heteroatoms. The van der Waals surface area contributed by atoms with Crippen LogP contribution in [0.2, 0.25) is 0 Å². The van der Waals surface area contributed by atoms with Gasteiger partial charge in [-0.1, -0.05) is 6.92 Å². The molecule has 1 aromatic heterocycles. The SMILES string of the molecule is CCCNc1cc(NC(CO)COC)nc(COCC)n1. The highest BCUT2D eigenvalue weighted by molar-refractivity contribution is 5.48. The van der Waals surface area contributed by atoms with Gasteiger partial charge in [0, 0.05) is 26.3 Å². The Morgan fingerprint density at radius 1 is 1.29 bits per heavy atom. The molecule has 1 unspecified atom stereocenters. The van der Waals surface area contributed by atoms with Crippen LogP contribution < -0.4 is 10.6 Å². The number of rotatable bonds is 11. The topological polar surface area (TPSA) is 88.5 Å². The minimum absolute atomic E-state index is 0.0314. The molecule has 0 amide bonds. The first-order valence-corrected chi connectivity index (χ1v) is 7.29. The van der Waals surface area contributed by atoms with Crippen LogP contribution in [0.3, 0.4) is 0 Å². The van der Waals surface area contributed by atoms with Crippen LogP contribution in [0.5, 0.6) is 0 Å². The summed E-state index contributed by atoms with van der Waals surface area (Å²) in [5.74, 6) is 2.00. The fraction of sp³-hybridized carbons (Fsp3) is 0.714. The average molecular weight is 298 g/mol. The first-order chi connectivity index (χ1) is 10.2. The highest BCUT2D eigenvalue weighted by Gasteiger charge is 2.10. The molecule has 0 aliphatic rings. The molecule has 21 heavy (non-hydrogen) atoms. The van der Waals surface area contributed by atoms with Crippen LogP contribution >= 0.6 is 0 Å². The van der Waals surface area contributed by atoms with Crippen LogP contribution in [-0.2, 0) is 16.1 Å². The maximum absolute atomic E-state index is 9.31. The second-order valence-electron chi connectivity index (χ2n) is 4.60. The van der Waals surface area contributed by atoms with E-state index in [1.165, 1.54) is 0 Å². The Labute approximate surface area is 126 Å². The second-order valence-corrected chi connectivity index (χ2v) is 4.60. The molecule has 0 bridgehead atoms. The van der Waals surface area contributed by atoms with Crippen LogP contribution in [0.4, 0.5) is 11.6 Å². The first-order valence-electron chi connectivity index (χ1n) is 7.29. The van der Waals surface area contributed by atoms with Gasteiger partial charge in [0.25, 0.3) is 0 Å². The van der Waals surface area contributed by atoms with Crippen molar-refractivity contribution in [1.29, 1.82) is 0 Å². The summed E-state index contributed by atoms with van der Waals surface area (Å²) in [6, 6.07) is 1.62. The van der Waals surface area contributed by atoms with Gasteiger partial charge in [-0.15, -0.1) is 0 Å². The summed E-state index contributed by atoms with van der Waals surface area (Å²) >= 11 is 0. The quantitative estimate of drug-likeness (QED) is 0.566. The van der Waals surface area contributed by atoms with E-state index in [-0.39, 0.29) is 12.6 Å². The second kappa shape index (κ2) is 10.3. The Morgan fingerprint density at radius 2 is 2.05 bits per heavy atom. The van der Waals surface area contributed by atoms with Gasteiger partial charge in [0.15, 0.2) is 5.82 Å². The maximum atomic E-state index is 9.31. The standard InChI is InChI=1S/C14H26N4O3/c1-4-6-15-12-7-13(16-11(8-19)9-20-3)18-14(17-12)10-21-5-2/h7,11,19H,4-6,8-10H2,1-3H3,(H2,15,16,17,18). The fourth-order valence-corrected chi connectivity index (χ4v) is 1.72. The summed E-state index contributed by atoms with van der Waals surface area (Å²) in [7, 11) is 1.60. The third-order valence-electron chi connectivity index (χ3n) is 2.70. The smallest absolute Gasteiger partial charge is 0.158 e. The summed E-state index contributed by atoms with van der Waals surface area (Å²) in [4.78, 5) is 8.80. The Bertz CT molecular complexity index is 378. The van der Waals surface area contributed by atoms with E-state index < -0.39 is 0 Å². The lowest BCUT2D eigenvalue weighted by Gasteiger charge is -2.17. The highest BCUT2D eigenvalue weighted by Crippen LogP contribution is 2.13. The minimum atomic E-state index is -0.205. The number of methoxy groups -OCH3 is 1. The molecule has 0 fully saturated rings. The summed E-state index contributed by atoms with van der Waals surface area (Å²) < 4.78 is 10.4. The molecule has 0 aliphatic heterocycles. The Morgan fingerprint density at radius 3 is 2.67 bits per heavy atom. The molecule has 1 rings (SSSR count). The normalized spacial score (nSPS) is 12.2. The van der Waals surface area contributed by atoms with Crippen LogP contribution in [0.15, 0.2) is 6.07 Å². The number of hydrogen-bond donors (Lipinski definition) is 3. The van der Waals surface area contributed by atoms with E-state index in [4.69, 9.17) is 9.47 Å². The van der Waals surface area contributed by atoms with E-state index in [0.717, 1.165) is 18.8 Å². The lowest BCUT2D eigenvalue weighted by atomic mass is 10.3. The van der Waals surface area contributed by atoms with Crippen molar-refractivity contribution in [2.24, 2.45) is 0 Å². The number of nitrogens with zero attached hydrogens (tertiary/aromatic N) is 2. The highest BCUT2D eigenvalue weighted by atomic mass is 16.5. The van der Waals surface area contributed by atoms with Gasteiger partial charge >= 0.3 is 0 Å². The van der Waals surface area contributed by atoms with Gasteiger partial charge in [0.2, 0.25) is 0 Å². The van der Waals surface area contributed by atoms with E-state index in [1.54, 1.807) is 7.11 Å². The van der Waals surface area contributed by atoms with Crippen molar-refractivity contribution >= 4 is 11.6 Å². The van der Waals surface area contributed by atoms with Crippen LogP contribution in [0, 0.1) is 0 Å². The van der Waals surface area contributed by atoms with E-state index in [0.29, 0.717) is 31.5 Å². The van der Waals surface area contributed by atoms with Crippen LogP contribution in [-0.4, -0.2) is 54.6 Å². The van der Waals surface area contributed by atoms with Crippen LogP contribution in [0.1, 0.15) is 26.1 Å². The van der Waals surface area contributed by atoms with Gasteiger partial charge in [0.1, 0.15) is 18.2 Å². The number of aliphatic hydroxyl groups excluding tert-OH is 1. The number of ether oxygens (including phenoxy) is 2. The molecule has 0 aliphatic carbocycles. The lowest BCUT2D eigenvalue weighted by Crippen LogP contribution is -2.29. The molecule has 7 nitrogen and oxygen atoms in total. The molecule has 0 saturated heterocycles. The predicted octanol–water partition coefficient (Wildman–Crippen LogP) is 1.25. The molecule has 1 aromatic rings. The minimum Gasteiger partial charge on any atom is -0.394 e. The molecular weight excluding hydrogens is 272 g/mol. The average Bonchev–Trinajstić information content (AvgIpc) is 2.50. The van der Waals surface area contributed by atoms with Gasteiger partial charge < -0.3 is 25.2 Å². The summed E-state index contributed by atoms with van der Waals surface area (Å²) in [6.45, 7) is 6.21. The molecule has 0 aromatic carbocycles. The predicted molar refractivity (Wildman–Crippen MR) is 82.5 cm³/mol. The number of hydrogen-bond acceptors (Lipinski definition) is 7. The first kappa shape index (κ1) is 17.6. The van der Waals surface area contributed by atoms with Crippen molar-refractivity contribution in [2.45, 2.75) is 32.9 Å². The Kier molecular flexibility index (Phi) is 8.65. The van der Waals surface area contributed by atoms with Crippen molar-refractivity contribution in [3.63, 3.8) is 0 Å². The molecule has 3 N–H and O–H groups in total. The Balaban J connectivity index is 2.83. The zero-order chi connectivity index (χ0) is 15.5. The van der Waals surface area contributed by atoms with E-state index in [9.17, 15) is 5.11 Å². The Hall–Kier alpha value is -1.44. The summed E-state index contributed by atoms with van der Waals surface area (Å²) in [6.07, 6.45) is 1.01. The number of nitrogens with one attached hydrogen (secondary N) is 2. The number of aromatic nitrogens is 2. The van der Waals surface area contributed by atoms with Crippen molar-refractivity contribution in [3.8, 4) is 0 Å². The monoisotopic (exact) mass is 298 g/mol. The third kappa shape index (κ3) is 6.70. The van der Waals surface area contributed by atoms with Gasteiger partial charge in [-0.05, 0) is 13.3 Å². The van der Waals surface area contributed by atoms with Gasteiger partial charge in [0.05, 0.1) is 19.3 Å². The number of anilines is 2. The van der Waals surface area contributed by atoms with Crippen LogP contribution in [0.25, 0.3) is 0 Å². The third-order valence-corrected chi connectivity index (χ3v) is 2.70. The molecule has 0 saturated carbocycles.